The maximum Gasteiger partial charge on any atom is 0.251 e. The summed E-state index contributed by atoms with van der Waals surface area (Å²) in [5.41, 5.74) is 12.6. The molecule has 3 aromatic rings. The Hall–Kier alpha value is -2.64. The number of nitrogen functional groups attached to an aromatic ring is 1. The van der Waals surface area contributed by atoms with E-state index in [1.54, 1.807) is 0 Å². The average Bonchev–Trinajstić information content (AvgIpc) is 2.99. The molecule has 0 fully saturated rings. The topological polar surface area (TPSA) is 111 Å². The number of thiophene rings is 1. The summed E-state index contributed by atoms with van der Waals surface area (Å²) in [5.74, 6) is 0.530. The Kier molecular flexibility index (Phi) is 4.14. The van der Waals surface area contributed by atoms with E-state index in [4.69, 9.17) is 21.3 Å². The minimum absolute atomic E-state index is 0.0275. The van der Waals surface area contributed by atoms with Gasteiger partial charge in [0.15, 0.2) is 0 Å². The minimum atomic E-state index is -0.524. The molecule has 0 bridgehead atoms. The maximum atomic E-state index is 11.5. The van der Waals surface area contributed by atoms with Gasteiger partial charge in [-0.25, -0.2) is 4.98 Å². The lowest BCUT2D eigenvalue weighted by Crippen LogP contribution is -2.11. The van der Waals surface area contributed by atoms with Crippen LogP contribution in [0.25, 0.3) is 20.5 Å². The summed E-state index contributed by atoms with van der Waals surface area (Å²) in [6.45, 7) is 0.229. The van der Waals surface area contributed by atoms with Crippen molar-refractivity contribution in [2.45, 2.75) is 0 Å². The number of carbonyl (C=O) groups excluding carboxylic acids is 1. The molecule has 0 saturated heterocycles. The number of fused-ring (bicyclic) bond motifs is 1. The fourth-order valence-corrected chi connectivity index (χ4v) is 3.43. The van der Waals surface area contributed by atoms with Gasteiger partial charge in [0.25, 0.3) is 5.91 Å². The molecule has 0 spiro atoms. The normalized spacial score (nSPS) is 10.8. The Labute approximate surface area is 136 Å². The summed E-state index contributed by atoms with van der Waals surface area (Å²) in [4.78, 5) is 16.5. The first-order chi connectivity index (χ1) is 11.1. The molecule has 2 heterocycles. The van der Waals surface area contributed by atoms with Crippen molar-refractivity contribution in [3.8, 4) is 16.2 Å². The predicted molar refractivity (Wildman–Crippen MR) is 90.6 cm³/mol. The van der Waals surface area contributed by atoms with Gasteiger partial charge in [-0.3, -0.25) is 4.79 Å². The van der Waals surface area contributed by atoms with Crippen LogP contribution in [0, 0.1) is 0 Å². The van der Waals surface area contributed by atoms with Crippen LogP contribution < -0.4 is 16.2 Å². The third kappa shape index (κ3) is 2.96. The van der Waals surface area contributed by atoms with Crippen LogP contribution >= 0.6 is 11.3 Å². The lowest BCUT2D eigenvalue weighted by atomic mass is 10.1. The Morgan fingerprint density at radius 3 is 2.70 bits per heavy atom. The average molecular weight is 329 g/mol. The third-order valence-corrected chi connectivity index (χ3v) is 4.57. The van der Waals surface area contributed by atoms with Gasteiger partial charge in [-0.15, -0.1) is 11.3 Å². The number of aromatic nitrogens is 1. The zero-order chi connectivity index (χ0) is 16.4. The number of hydrogen-bond donors (Lipinski definition) is 3. The molecular weight excluding hydrogens is 314 g/mol. The largest absolute Gasteiger partial charge is 0.491 e. The van der Waals surface area contributed by atoms with Crippen molar-refractivity contribution in [2.24, 2.45) is 5.73 Å². The molecule has 3 rings (SSSR count). The van der Waals surface area contributed by atoms with Crippen LogP contribution in [0.4, 0.5) is 5.82 Å². The number of rotatable bonds is 5. The van der Waals surface area contributed by atoms with E-state index in [-0.39, 0.29) is 13.2 Å². The molecule has 0 atom stereocenters. The van der Waals surface area contributed by atoms with Crippen LogP contribution in [0.3, 0.4) is 0 Å². The predicted octanol–water partition coefficient (Wildman–Crippen LogP) is 2.02. The fourth-order valence-electron chi connectivity index (χ4n) is 2.24. The number of primary amides is 1. The second kappa shape index (κ2) is 6.23. The van der Waals surface area contributed by atoms with Gasteiger partial charge in [-0.1, -0.05) is 0 Å². The standard InChI is InChI=1S/C16H15N3O3S/c17-15-11-7-13(23-14(11)12(8-19-15)16(18)21)9-1-3-10(4-2-9)22-6-5-20/h1-4,7-8,20H,5-6H2,(H2,17,19)(H2,18,21). The van der Waals surface area contributed by atoms with Crippen LogP contribution in [0.15, 0.2) is 36.5 Å². The highest BCUT2D eigenvalue weighted by molar-refractivity contribution is 7.22. The molecule has 6 nitrogen and oxygen atoms in total. The smallest absolute Gasteiger partial charge is 0.251 e. The van der Waals surface area contributed by atoms with Crippen molar-refractivity contribution >= 4 is 33.1 Å². The van der Waals surface area contributed by atoms with E-state index in [1.165, 1.54) is 17.5 Å². The highest BCUT2D eigenvalue weighted by atomic mass is 32.1. The first-order valence-corrected chi connectivity index (χ1v) is 7.73. The quantitative estimate of drug-likeness (QED) is 0.663. The third-order valence-electron chi connectivity index (χ3n) is 3.35. The molecule has 118 valence electrons. The van der Waals surface area contributed by atoms with Crippen LogP contribution in [-0.4, -0.2) is 29.2 Å². The van der Waals surface area contributed by atoms with E-state index in [1.807, 2.05) is 30.3 Å². The SMILES string of the molecule is NC(=O)c1cnc(N)c2cc(-c3ccc(OCCO)cc3)sc12. The monoisotopic (exact) mass is 329 g/mol. The molecule has 7 heteroatoms. The van der Waals surface area contributed by atoms with Crippen LogP contribution in [-0.2, 0) is 0 Å². The van der Waals surface area contributed by atoms with Crippen molar-refractivity contribution in [1.29, 1.82) is 0 Å². The van der Waals surface area contributed by atoms with E-state index in [0.29, 0.717) is 17.1 Å². The summed E-state index contributed by atoms with van der Waals surface area (Å²) in [5, 5.41) is 9.48. The number of pyridine rings is 1. The summed E-state index contributed by atoms with van der Waals surface area (Å²) >= 11 is 1.44. The highest BCUT2D eigenvalue weighted by Gasteiger charge is 2.14. The lowest BCUT2D eigenvalue weighted by Gasteiger charge is -2.04. The van der Waals surface area contributed by atoms with E-state index in [2.05, 4.69) is 4.98 Å². The van der Waals surface area contributed by atoms with E-state index in [0.717, 1.165) is 20.5 Å². The van der Waals surface area contributed by atoms with Crippen LogP contribution in [0.2, 0.25) is 0 Å². The minimum Gasteiger partial charge on any atom is -0.491 e. The summed E-state index contributed by atoms with van der Waals surface area (Å²) < 4.78 is 6.07. The van der Waals surface area contributed by atoms with Gasteiger partial charge in [0.2, 0.25) is 0 Å². The molecule has 2 aromatic heterocycles. The van der Waals surface area contributed by atoms with E-state index >= 15 is 0 Å². The number of carbonyl (C=O) groups is 1. The second-order valence-corrected chi connectivity index (χ2v) is 5.92. The van der Waals surface area contributed by atoms with Crippen molar-refractivity contribution < 1.29 is 14.6 Å². The first-order valence-electron chi connectivity index (χ1n) is 6.92. The maximum absolute atomic E-state index is 11.5. The molecular formula is C16H15N3O3S. The number of amides is 1. The number of nitrogens with zero attached hydrogens (tertiary/aromatic N) is 1. The molecule has 0 unspecified atom stereocenters. The number of nitrogens with two attached hydrogens (primary N) is 2. The van der Waals surface area contributed by atoms with Crippen LogP contribution in [0.1, 0.15) is 10.4 Å². The van der Waals surface area contributed by atoms with Gasteiger partial charge >= 0.3 is 0 Å². The first kappa shape index (κ1) is 15.3. The molecule has 1 amide bonds. The zero-order valence-corrected chi connectivity index (χ0v) is 13.0. The number of ether oxygens (including phenoxy) is 1. The van der Waals surface area contributed by atoms with Crippen LogP contribution in [0.5, 0.6) is 5.75 Å². The summed E-state index contributed by atoms with van der Waals surface area (Å²) in [6, 6.07) is 9.37. The van der Waals surface area contributed by atoms with E-state index in [9.17, 15) is 4.79 Å². The van der Waals surface area contributed by atoms with Gasteiger partial charge in [-0.2, -0.15) is 0 Å². The number of benzene rings is 1. The molecule has 1 aromatic carbocycles. The Balaban J connectivity index is 2.02. The Bertz CT molecular complexity index is 859. The van der Waals surface area contributed by atoms with Crippen molar-refractivity contribution in [1.82, 2.24) is 4.98 Å². The van der Waals surface area contributed by atoms with Crippen molar-refractivity contribution in [3.63, 3.8) is 0 Å². The van der Waals surface area contributed by atoms with Crippen molar-refractivity contribution in [2.75, 3.05) is 18.9 Å². The van der Waals surface area contributed by atoms with Gasteiger partial charge in [0.05, 0.1) is 16.9 Å². The lowest BCUT2D eigenvalue weighted by molar-refractivity contribution is 0.100. The molecule has 0 radical (unpaired) electrons. The van der Waals surface area contributed by atoms with Gasteiger partial charge in [0.1, 0.15) is 18.2 Å². The van der Waals surface area contributed by atoms with Gasteiger partial charge in [-0.05, 0) is 35.9 Å². The number of aliphatic hydroxyl groups is 1. The highest BCUT2D eigenvalue weighted by Crippen LogP contribution is 2.37. The molecule has 0 aliphatic rings. The number of hydrogen-bond acceptors (Lipinski definition) is 6. The van der Waals surface area contributed by atoms with Crippen molar-refractivity contribution in [3.05, 3.63) is 42.1 Å². The van der Waals surface area contributed by atoms with Gasteiger partial charge in [0, 0.05) is 16.5 Å². The zero-order valence-electron chi connectivity index (χ0n) is 12.2. The second-order valence-electron chi connectivity index (χ2n) is 4.87. The fraction of sp³-hybridized carbons (Fsp3) is 0.125. The van der Waals surface area contributed by atoms with Gasteiger partial charge < -0.3 is 21.3 Å². The molecule has 0 saturated carbocycles. The molecule has 0 aliphatic carbocycles. The number of anilines is 1. The Morgan fingerprint density at radius 1 is 1.30 bits per heavy atom. The molecule has 23 heavy (non-hydrogen) atoms. The molecule has 0 aliphatic heterocycles. The Morgan fingerprint density at radius 2 is 2.04 bits per heavy atom. The molecule has 5 N–H and O–H groups in total. The summed E-state index contributed by atoms with van der Waals surface area (Å²) in [6.07, 6.45) is 1.41. The van der Waals surface area contributed by atoms with E-state index < -0.39 is 5.91 Å². The summed E-state index contributed by atoms with van der Waals surface area (Å²) in [7, 11) is 0. The number of aliphatic hydroxyl groups excluding tert-OH is 1.